The summed E-state index contributed by atoms with van der Waals surface area (Å²) in [4.78, 5) is 0. The van der Waals surface area contributed by atoms with Crippen molar-refractivity contribution in [1.82, 2.24) is 9.78 Å². The zero-order valence-electron chi connectivity index (χ0n) is 9.19. The van der Waals surface area contributed by atoms with Gasteiger partial charge in [0.25, 0.3) is 0 Å². The largest absolute Gasteiger partial charge is 0.271 e. The molecule has 0 atom stereocenters. The number of hydrogen-bond donors (Lipinski definition) is 0. The first-order valence-corrected chi connectivity index (χ1v) is 6.71. The van der Waals surface area contributed by atoms with E-state index in [4.69, 9.17) is 11.6 Å². The van der Waals surface area contributed by atoms with E-state index in [1.54, 1.807) is 0 Å². The number of alkyl halides is 1. The summed E-state index contributed by atoms with van der Waals surface area (Å²) in [5, 5.41) is 4.50. The van der Waals surface area contributed by atoms with Crippen molar-refractivity contribution in [3.05, 3.63) is 15.9 Å². The van der Waals surface area contributed by atoms with Gasteiger partial charge in [-0.05, 0) is 47.0 Å². The fraction of sp³-hybridized carbons (Fsp3) is 0.727. The molecule has 1 aliphatic carbocycles. The van der Waals surface area contributed by atoms with Gasteiger partial charge in [0.05, 0.1) is 15.9 Å². The standard InChI is InChI=1S/C11H16BrClN2/c1-3-8-10(12)9(15(2)14-8)6-11(7-13)4-5-11/h3-7H2,1-2H3. The van der Waals surface area contributed by atoms with Crippen molar-refractivity contribution in [2.45, 2.75) is 32.6 Å². The predicted octanol–water partition coefficient (Wildman–Crippen LogP) is 3.31. The van der Waals surface area contributed by atoms with Gasteiger partial charge in [-0.3, -0.25) is 4.68 Å². The lowest BCUT2D eigenvalue weighted by atomic mass is 10.0. The smallest absolute Gasteiger partial charge is 0.0766 e. The fourth-order valence-corrected chi connectivity index (χ4v) is 3.02. The molecule has 0 aliphatic heterocycles. The van der Waals surface area contributed by atoms with Crippen molar-refractivity contribution in [2.75, 3.05) is 5.88 Å². The van der Waals surface area contributed by atoms with Gasteiger partial charge >= 0.3 is 0 Å². The van der Waals surface area contributed by atoms with Gasteiger partial charge in [-0.15, -0.1) is 11.6 Å². The van der Waals surface area contributed by atoms with Crippen LogP contribution in [0.15, 0.2) is 4.47 Å². The lowest BCUT2D eigenvalue weighted by molar-refractivity contribution is 0.541. The Morgan fingerprint density at radius 1 is 1.53 bits per heavy atom. The molecule has 0 spiro atoms. The van der Waals surface area contributed by atoms with Crippen LogP contribution in [0.4, 0.5) is 0 Å². The van der Waals surface area contributed by atoms with Crippen LogP contribution in [-0.2, 0) is 19.9 Å². The first-order chi connectivity index (χ1) is 7.12. The Kier molecular flexibility index (Phi) is 3.13. The first-order valence-electron chi connectivity index (χ1n) is 5.38. The maximum atomic E-state index is 6.01. The lowest BCUT2D eigenvalue weighted by Crippen LogP contribution is -2.10. The molecule has 84 valence electrons. The molecule has 1 fully saturated rings. The SMILES string of the molecule is CCc1nn(C)c(CC2(CCl)CC2)c1Br. The average molecular weight is 292 g/mol. The van der Waals surface area contributed by atoms with Crippen molar-refractivity contribution < 1.29 is 0 Å². The number of aryl methyl sites for hydroxylation is 2. The highest BCUT2D eigenvalue weighted by Crippen LogP contribution is 2.50. The third-order valence-electron chi connectivity index (χ3n) is 3.29. The van der Waals surface area contributed by atoms with E-state index in [9.17, 15) is 0 Å². The molecule has 0 unspecified atom stereocenters. The number of aromatic nitrogens is 2. The van der Waals surface area contributed by atoms with Crippen LogP contribution in [-0.4, -0.2) is 15.7 Å². The number of hydrogen-bond acceptors (Lipinski definition) is 1. The van der Waals surface area contributed by atoms with Gasteiger partial charge in [0.1, 0.15) is 0 Å². The molecule has 2 nitrogen and oxygen atoms in total. The van der Waals surface area contributed by atoms with Crippen molar-refractivity contribution >= 4 is 27.5 Å². The second-order valence-corrected chi connectivity index (χ2v) is 5.56. The molecule has 1 aromatic heterocycles. The first kappa shape index (κ1) is 11.5. The second-order valence-electron chi connectivity index (χ2n) is 4.49. The molecule has 0 bridgehead atoms. The third kappa shape index (κ3) is 2.09. The van der Waals surface area contributed by atoms with Crippen LogP contribution in [0.2, 0.25) is 0 Å². The van der Waals surface area contributed by atoms with Gasteiger partial charge in [-0.25, -0.2) is 0 Å². The van der Waals surface area contributed by atoms with E-state index in [1.165, 1.54) is 23.0 Å². The van der Waals surface area contributed by atoms with Crippen molar-refractivity contribution in [3.63, 3.8) is 0 Å². The number of rotatable bonds is 4. The molecule has 1 heterocycles. The van der Waals surface area contributed by atoms with Crippen molar-refractivity contribution in [1.29, 1.82) is 0 Å². The highest BCUT2D eigenvalue weighted by Gasteiger charge is 2.42. The Morgan fingerprint density at radius 3 is 2.60 bits per heavy atom. The number of nitrogens with zero attached hydrogens (tertiary/aromatic N) is 2. The molecule has 15 heavy (non-hydrogen) atoms. The summed E-state index contributed by atoms with van der Waals surface area (Å²) < 4.78 is 3.18. The molecular formula is C11H16BrClN2. The molecule has 1 saturated carbocycles. The molecule has 0 aromatic carbocycles. The Hall–Kier alpha value is -0.0200. The summed E-state index contributed by atoms with van der Waals surface area (Å²) >= 11 is 9.65. The van der Waals surface area contributed by atoms with E-state index in [1.807, 2.05) is 11.7 Å². The Balaban J connectivity index is 2.24. The Bertz CT molecular complexity index is 369. The summed E-state index contributed by atoms with van der Waals surface area (Å²) in [5.41, 5.74) is 2.81. The number of halogens is 2. The summed E-state index contributed by atoms with van der Waals surface area (Å²) in [6.45, 7) is 2.13. The van der Waals surface area contributed by atoms with Crippen LogP contribution in [0, 0.1) is 5.41 Å². The molecule has 0 saturated heterocycles. The molecule has 0 radical (unpaired) electrons. The lowest BCUT2D eigenvalue weighted by Gasteiger charge is -2.11. The van der Waals surface area contributed by atoms with E-state index < -0.39 is 0 Å². The minimum atomic E-state index is 0.364. The quantitative estimate of drug-likeness (QED) is 0.778. The van der Waals surface area contributed by atoms with Gasteiger partial charge < -0.3 is 0 Å². The van der Waals surface area contributed by atoms with Gasteiger partial charge in [0.15, 0.2) is 0 Å². The Labute approximate surface area is 104 Å². The molecule has 4 heteroatoms. The van der Waals surface area contributed by atoms with Crippen LogP contribution < -0.4 is 0 Å². The van der Waals surface area contributed by atoms with Gasteiger partial charge in [-0.1, -0.05) is 6.92 Å². The molecule has 0 amide bonds. The van der Waals surface area contributed by atoms with E-state index in [0.29, 0.717) is 5.41 Å². The van der Waals surface area contributed by atoms with E-state index in [-0.39, 0.29) is 0 Å². The van der Waals surface area contributed by atoms with Crippen molar-refractivity contribution in [3.8, 4) is 0 Å². The molecule has 1 aromatic rings. The average Bonchev–Trinajstić information content (AvgIpc) is 2.96. The molecular weight excluding hydrogens is 275 g/mol. The molecule has 2 rings (SSSR count). The Morgan fingerprint density at radius 2 is 2.20 bits per heavy atom. The second kappa shape index (κ2) is 4.10. The van der Waals surface area contributed by atoms with E-state index >= 15 is 0 Å². The normalized spacial score (nSPS) is 18.1. The third-order valence-corrected chi connectivity index (χ3v) is 4.77. The van der Waals surface area contributed by atoms with Crippen LogP contribution >= 0.6 is 27.5 Å². The van der Waals surface area contributed by atoms with E-state index in [0.717, 1.165) is 24.4 Å². The summed E-state index contributed by atoms with van der Waals surface area (Å²) in [7, 11) is 2.02. The zero-order valence-corrected chi connectivity index (χ0v) is 11.5. The summed E-state index contributed by atoms with van der Waals surface area (Å²) in [6.07, 6.45) is 4.55. The topological polar surface area (TPSA) is 17.8 Å². The summed E-state index contributed by atoms with van der Waals surface area (Å²) in [6, 6.07) is 0. The van der Waals surface area contributed by atoms with E-state index in [2.05, 4.69) is 28.0 Å². The highest BCUT2D eigenvalue weighted by molar-refractivity contribution is 9.10. The van der Waals surface area contributed by atoms with Crippen LogP contribution in [0.25, 0.3) is 0 Å². The van der Waals surface area contributed by atoms with Crippen LogP contribution in [0.5, 0.6) is 0 Å². The molecule has 1 aliphatic rings. The summed E-state index contributed by atoms with van der Waals surface area (Å²) in [5.74, 6) is 0.770. The van der Waals surface area contributed by atoms with Gasteiger partial charge in [0, 0.05) is 12.9 Å². The van der Waals surface area contributed by atoms with Crippen LogP contribution in [0.3, 0.4) is 0 Å². The highest BCUT2D eigenvalue weighted by atomic mass is 79.9. The maximum absolute atomic E-state index is 6.01. The monoisotopic (exact) mass is 290 g/mol. The van der Waals surface area contributed by atoms with Crippen LogP contribution in [0.1, 0.15) is 31.2 Å². The molecule has 0 N–H and O–H groups in total. The minimum Gasteiger partial charge on any atom is -0.271 e. The fourth-order valence-electron chi connectivity index (χ4n) is 1.90. The predicted molar refractivity (Wildman–Crippen MR) is 66.4 cm³/mol. The van der Waals surface area contributed by atoms with Gasteiger partial charge in [-0.2, -0.15) is 5.10 Å². The van der Waals surface area contributed by atoms with Gasteiger partial charge in [0.2, 0.25) is 0 Å². The maximum Gasteiger partial charge on any atom is 0.0766 e. The zero-order chi connectivity index (χ0) is 11.1. The minimum absolute atomic E-state index is 0.364. The van der Waals surface area contributed by atoms with Crippen molar-refractivity contribution in [2.24, 2.45) is 12.5 Å².